The zero-order chi connectivity index (χ0) is 22.0. The Balaban J connectivity index is 1.49. The van der Waals surface area contributed by atoms with E-state index in [1.807, 2.05) is 0 Å². The smallest absolute Gasteiger partial charge is 0.420 e. The zero-order valence-electron chi connectivity index (χ0n) is 15.9. The first-order chi connectivity index (χ1) is 14.8. The summed E-state index contributed by atoms with van der Waals surface area (Å²) in [6.07, 6.45) is 1.06. The average molecular weight is 432 g/mol. The van der Waals surface area contributed by atoms with E-state index in [9.17, 15) is 22.4 Å². The molecule has 4 aromatic rings. The van der Waals surface area contributed by atoms with Crippen LogP contribution in [0.25, 0.3) is 16.8 Å². The second kappa shape index (κ2) is 8.13. The number of nitrogens with zero attached hydrogens (tertiary/aromatic N) is 2. The number of fused-ring (bicyclic) bond motifs is 1. The van der Waals surface area contributed by atoms with Gasteiger partial charge in [0.15, 0.2) is 0 Å². The van der Waals surface area contributed by atoms with Gasteiger partial charge in [0.25, 0.3) is 0 Å². The van der Waals surface area contributed by atoms with Crippen molar-refractivity contribution in [3.05, 3.63) is 84.0 Å². The number of imidazole rings is 1. The minimum absolute atomic E-state index is 0.0741. The number of halogens is 4. The van der Waals surface area contributed by atoms with Crippen molar-refractivity contribution in [3.63, 3.8) is 0 Å². The second-order valence-corrected chi connectivity index (χ2v) is 6.78. The Morgan fingerprint density at radius 2 is 1.77 bits per heavy atom. The van der Waals surface area contributed by atoms with Crippen molar-refractivity contribution in [3.8, 4) is 11.1 Å². The van der Waals surface area contributed by atoms with Gasteiger partial charge in [0.2, 0.25) is 0 Å². The molecule has 6 nitrogen and oxygen atoms in total. The number of alkyl halides is 3. The van der Waals surface area contributed by atoms with Crippen LogP contribution in [-0.4, -0.2) is 15.4 Å². The monoisotopic (exact) mass is 432 g/mol. The number of pyridine rings is 1. The number of carbonyl (C=O) groups excluding carboxylic acids is 1. The first-order valence-corrected chi connectivity index (χ1v) is 9.17. The Bertz CT molecular complexity index is 1200. The third kappa shape index (κ3) is 4.68. The van der Waals surface area contributed by atoms with E-state index in [4.69, 9.17) is 4.42 Å². The van der Waals surface area contributed by atoms with Crippen LogP contribution in [-0.2, 0) is 19.3 Å². The van der Waals surface area contributed by atoms with E-state index in [0.29, 0.717) is 16.7 Å². The van der Waals surface area contributed by atoms with E-state index in [-0.39, 0.29) is 30.2 Å². The van der Waals surface area contributed by atoms with Crippen molar-refractivity contribution >= 4 is 11.7 Å². The number of furan rings is 1. The molecule has 0 spiro atoms. The molecule has 10 heteroatoms. The summed E-state index contributed by atoms with van der Waals surface area (Å²) in [6, 6.07) is 7.67. The summed E-state index contributed by atoms with van der Waals surface area (Å²) in [5, 5.41) is 5.13. The normalized spacial score (nSPS) is 11.6. The van der Waals surface area contributed by atoms with E-state index in [1.165, 1.54) is 53.6 Å². The molecule has 4 rings (SSSR count). The summed E-state index contributed by atoms with van der Waals surface area (Å²) in [6.45, 7) is 0.0961. The number of hydrogen-bond donors (Lipinski definition) is 2. The van der Waals surface area contributed by atoms with E-state index in [1.54, 1.807) is 6.07 Å². The highest BCUT2D eigenvalue weighted by Crippen LogP contribution is 2.35. The van der Waals surface area contributed by atoms with Crippen LogP contribution < -0.4 is 10.6 Å². The highest BCUT2D eigenvalue weighted by atomic mass is 19.4. The lowest BCUT2D eigenvalue weighted by molar-refractivity contribution is -0.136. The third-order valence-electron chi connectivity index (χ3n) is 4.56. The fraction of sp³-hybridized carbons (Fsp3) is 0.143. The van der Waals surface area contributed by atoms with Crippen molar-refractivity contribution < 1.29 is 26.8 Å². The quantitative estimate of drug-likeness (QED) is 0.447. The Hall–Kier alpha value is -3.82. The summed E-state index contributed by atoms with van der Waals surface area (Å²) in [7, 11) is 0. The maximum Gasteiger partial charge on any atom is 0.420 e. The van der Waals surface area contributed by atoms with Crippen molar-refractivity contribution in [1.82, 2.24) is 20.0 Å². The molecule has 3 heterocycles. The second-order valence-electron chi connectivity index (χ2n) is 6.78. The zero-order valence-corrected chi connectivity index (χ0v) is 15.9. The molecule has 0 aliphatic heterocycles. The highest BCUT2D eigenvalue weighted by Gasteiger charge is 2.34. The molecule has 160 valence electrons. The molecule has 0 radical (unpaired) electrons. The van der Waals surface area contributed by atoms with E-state index < -0.39 is 17.8 Å². The van der Waals surface area contributed by atoms with Gasteiger partial charge in [-0.1, -0.05) is 12.1 Å². The molecule has 0 saturated heterocycles. The number of rotatable bonds is 5. The Labute approximate surface area is 173 Å². The molecule has 0 fully saturated rings. The standard InChI is InChI=1S/C21H16F4N4O2/c22-16-3-1-13(2-4-16)8-26-20(30)27-9-17-11-29-10-15(14-5-6-31-12-14)7-18(19(29)28-17)21(23,24)25/h1-7,10-12H,8-9H2,(H2,26,27,30). The first kappa shape index (κ1) is 20.5. The van der Waals surface area contributed by atoms with Gasteiger partial charge in [-0.25, -0.2) is 14.2 Å². The van der Waals surface area contributed by atoms with Gasteiger partial charge in [0.05, 0.1) is 30.3 Å². The lowest BCUT2D eigenvalue weighted by Gasteiger charge is -2.10. The van der Waals surface area contributed by atoms with Crippen LogP contribution in [0.3, 0.4) is 0 Å². The van der Waals surface area contributed by atoms with Crippen LogP contribution in [0.1, 0.15) is 16.8 Å². The third-order valence-corrected chi connectivity index (χ3v) is 4.56. The largest absolute Gasteiger partial charge is 0.472 e. The molecule has 2 N–H and O–H groups in total. The Morgan fingerprint density at radius 3 is 2.45 bits per heavy atom. The molecule has 0 unspecified atom stereocenters. The van der Waals surface area contributed by atoms with Gasteiger partial charge >= 0.3 is 12.2 Å². The average Bonchev–Trinajstić information content (AvgIpc) is 3.40. The van der Waals surface area contributed by atoms with Crippen LogP contribution in [0, 0.1) is 5.82 Å². The maximum absolute atomic E-state index is 13.6. The fourth-order valence-electron chi connectivity index (χ4n) is 3.05. The van der Waals surface area contributed by atoms with Crippen LogP contribution in [0.4, 0.5) is 22.4 Å². The molecule has 0 bridgehead atoms. The summed E-state index contributed by atoms with van der Waals surface area (Å²) >= 11 is 0. The summed E-state index contributed by atoms with van der Waals surface area (Å²) in [4.78, 5) is 16.0. The van der Waals surface area contributed by atoms with Crippen molar-refractivity contribution in [2.45, 2.75) is 19.3 Å². The van der Waals surface area contributed by atoms with Crippen LogP contribution in [0.5, 0.6) is 0 Å². The number of aromatic nitrogens is 2. The van der Waals surface area contributed by atoms with Gasteiger partial charge in [-0.3, -0.25) is 0 Å². The number of carbonyl (C=O) groups is 1. The number of hydrogen-bond acceptors (Lipinski definition) is 3. The maximum atomic E-state index is 13.6. The van der Waals surface area contributed by atoms with Crippen LogP contribution in [0.15, 0.2) is 65.7 Å². The van der Waals surface area contributed by atoms with Gasteiger partial charge < -0.3 is 19.5 Å². The molecule has 2 amide bonds. The van der Waals surface area contributed by atoms with Crippen LogP contribution in [0.2, 0.25) is 0 Å². The minimum Gasteiger partial charge on any atom is -0.472 e. The number of benzene rings is 1. The van der Waals surface area contributed by atoms with E-state index in [2.05, 4.69) is 15.6 Å². The molecule has 3 aromatic heterocycles. The summed E-state index contributed by atoms with van der Waals surface area (Å²) in [5.41, 5.74) is 0.627. The number of amides is 2. The van der Waals surface area contributed by atoms with Crippen LogP contribution >= 0.6 is 0 Å². The highest BCUT2D eigenvalue weighted by molar-refractivity contribution is 5.73. The lowest BCUT2D eigenvalue weighted by Crippen LogP contribution is -2.34. The Morgan fingerprint density at radius 1 is 1.03 bits per heavy atom. The topological polar surface area (TPSA) is 71.6 Å². The van der Waals surface area contributed by atoms with E-state index >= 15 is 0 Å². The Kier molecular flexibility index (Phi) is 5.37. The minimum atomic E-state index is -4.61. The fourth-order valence-corrected chi connectivity index (χ4v) is 3.05. The molecule has 0 aliphatic carbocycles. The van der Waals surface area contributed by atoms with Crippen molar-refractivity contribution in [1.29, 1.82) is 0 Å². The SMILES string of the molecule is O=C(NCc1ccc(F)cc1)NCc1cn2cc(-c3ccoc3)cc(C(F)(F)F)c2n1. The molecular weight excluding hydrogens is 416 g/mol. The van der Waals surface area contributed by atoms with Gasteiger partial charge in [-0.15, -0.1) is 0 Å². The number of nitrogens with one attached hydrogen (secondary N) is 2. The van der Waals surface area contributed by atoms with Gasteiger partial charge in [0.1, 0.15) is 11.5 Å². The molecular formula is C21H16F4N4O2. The molecule has 0 atom stereocenters. The predicted octanol–water partition coefficient (Wildman–Crippen LogP) is 4.75. The van der Waals surface area contributed by atoms with Gasteiger partial charge in [-0.2, -0.15) is 13.2 Å². The van der Waals surface area contributed by atoms with E-state index in [0.717, 1.165) is 6.07 Å². The van der Waals surface area contributed by atoms with Gasteiger partial charge in [-0.05, 0) is 29.8 Å². The predicted molar refractivity (Wildman–Crippen MR) is 103 cm³/mol. The molecule has 31 heavy (non-hydrogen) atoms. The molecule has 0 saturated carbocycles. The summed E-state index contributed by atoms with van der Waals surface area (Å²) < 4.78 is 59.8. The van der Waals surface area contributed by atoms with Crippen molar-refractivity contribution in [2.75, 3.05) is 0 Å². The molecule has 0 aliphatic rings. The molecule has 1 aromatic carbocycles. The first-order valence-electron chi connectivity index (χ1n) is 9.17. The van der Waals surface area contributed by atoms with Gasteiger partial charge in [0, 0.05) is 30.1 Å². The van der Waals surface area contributed by atoms with Crippen molar-refractivity contribution in [2.24, 2.45) is 0 Å². The number of urea groups is 1. The summed E-state index contributed by atoms with van der Waals surface area (Å²) in [5.74, 6) is -0.380. The lowest BCUT2D eigenvalue weighted by atomic mass is 10.1.